The third-order valence-corrected chi connectivity index (χ3v) is 11.1. The lowest BCUT2D eigenvalue weighted by atomic mass is 9.94. The van der Waals surface area contributed by atoms with Crippen LogP contribution in [0.5, 0.6) is 0 Å². The van der Waals surface area contributed by atoms with Gasteiger partial charge in [0.2, 0.25) is 11.8 Å². The first-order chi connectivity index (χ1) is 29.7. The van der Waals surface area contributed by atoms with Crippen molar-refractivity contribution in [2.75, 3.05) is 26.4 Å². The summed E-state index contributed by atoms with van der Waals surface area (Å²) in [7, 11) is 0. The SMILES string of the molecule is CC(=O)N[C@@H]1[C@@H](O[C@@H]2O[C@H](CO)[C@@H](O)[C@H](O)[C@@H]2O[C@H]2O[C@H](CO)[C@@H](O)[C@H](O[C@@H]3O[C@H](C(=O)O)[C@@H](O[C@H]4O[C@H](CO)[C@@H](O)[C@H](O)[C@H]4NC(C)=O)[C@H](O)[C@H]3O)[C@@H]2O)[C@H](O)[C@@H](CO)O[C@H]1O. The van der Waals surface area contributed by atoms with E-state index in [1.807, 2.05) is 0 Å². The van der Waals surface area contributed by atoms with Crippen molar-refractivity contribution in [1.82, 2.24) is 10.6 Å². The molecule has 5 aliphatic heterocycles. The number of amides is 2. The Kier molecular flexibility index (Phi) is 17.9. The van der Waals surface area contributed by atoms with Crippen LogP contribution in [0.4, 0.5) is 0 Å². The maximum absolute atomic E-state index is 12.5. The van der Waals surface area contributed by atoms with E-state index in [9.17, 15) is 91.0 Å². The van der Waals surface area contributed by atoms with Gasteiger partial charge in [0, 0.05) is 13.8 Å². The van der Waals surface area contributed by atoms with Crippen LogP contribution in [0.3, 0.4) is 0 Å². The van der Waals surface area contributed by atoms with Crippen LogP contribution in [0.1, 0.15) is 13.8 Å². The van der Waals surface area contributed by atoms with Gasteiger partial charge < -0.3 is 130 Å². The summed E-state index contributed by atoms with van der Waals surface area (Å²) >= 11 is 0. The molecule has 0 unspecified atom stereocenters. The van der Waals surface area contributed by atoms with Crippen LogP contribution in [-0.4, -0.2) is 274 Å². The maximum atomic E-state index is 12.5. The Hall–Kier alpha value is -2.51. The van der Waals surface area contributed by atoms with Crippen molar-refractivity contribution < 1.29 is 134 Å². The van der Waals surface area contributed by atoms with Gasteiger partial charge in [-0.05, 0) is 0 Å². The lowest BCUT2D eigenvalue weighted by Crippen LogP contribution is -2.69. The number of rotatable bonds is 15. The zero-order valence-corrected chi connectivity index (χ0v) is 33.4. The molecule has 29 nitrogen and oxygen atoms in total. The highest BCUT2D eigenvalue weighted by molar-refractivity contribution is 5.74. The molecule has 2 amide bonds. The number of hydrogen-bond acceptors (Lipinski definition) is 26. The van der Waals surface area contributed by atoms with Gasteiger partial charge >= 0.3 is 5.97 Å². The number of aliphatic hydroxyl groups excluding tert-OH is 14. The fourth-order valence-electron chi connectivity index (χ4n) is 7.78. The summed E-state index contributed by atoms with van der Waals surface area (Å²) in [6, 6.07) is -3.22. The predicted molar refractivity (Wildman–Crippen MR) is 190 cm³/mol. The van der Waals surface area contributed by atoms with E-state index in [-0.39, 0.29) is 0 Å². The number of carbonyl (C=O) groups is 3. The second kappa shape index (κ2) is 21.9. The minimum absolute atomic E-state index is 0.756. The molecule has 5 rings (SSSR count). The highest BCUT2D eigenvalue weighted by Crippen LogP contribution is 2.36. The first-order valence-electron chi connectivity index (χ1n) is 19.6. The third kappa shape index (κ3) is 11.0. The van der Waals surface area contributed by atoms with Crippen LogP contribution in [0.2, 0.25) is 0 Å². The van der Waals surface area contributed by atoms with Crippen molar-refractivity contribution in [3.63, 3.8) is 0 Å². The van der Waals surface area contributed by atoms with Crippen molar-refractivity contribution >= 4 is 17.8 Å². The van der Waals surface area contributed by atoms with Crippen molar-refractivity contribution in [1.29, 1.82) is 0 Å². The molecular formula is C34H56N2O27. The van der Waals surface area contributed by atoms with Crippen LogP contribution in [-0.2, 0) is 57.0 Å². The van der Waals surface area contributed by atoms with E-state index in [0.717, 1.165) is 13.8 Å². The highest BCUT2D eigenvalue weighted by atomic mass is 16.8. The Morgan fingerprint density at radius 3 is 1.40 bits per heavy atom. The molecule has 25 atom stereocenters. The zero-order valence-electron chi connectivity index (χ0n) is 33.4. The summed E-state index contributed by atoms with van der Waals surface area (Å²) in [6.45, 7) is -1.73. The Bertz CT molecular complexity index is 1520. The quantitative estimate of drug-likeness (QED) is 0.0725. The molecule has 5 fully saturated rings. The average Bonchev–Trinajstić information content (AvgIpc) is 3.23. The summed E-state index contributed by atoms with van der Waals surface area (Å²) in [5.41, 5.74) is 0. The Labute approximate surface area is 355 Å². The molecule has 29 heteroatoms. The lowest BCUT2D eigenvalue weighted by Gasteiger charge is -2.50. The minimum Gasteiger partial charge on any atom is -0.479 e. The minimum atomic E-state index is -2.33. The van der Waals surface area contributed by atoms with Crippen LogP contribution in [0, 0.1) is 0 Å². The predicted octanol–water partition coefficient (Wildman–Crippen LogP) is -11.5. The standard InChI is InChI=1S/C34H56N2O27/c1-7(41)35-13-19(47)15(43)9(3-37)56-31(13)61-26-21(49)22(50)32(63-28(26)29(52)53)60-25-18(46)12(6-40)57-33(23(25)51)62-27-20(48)16(44)10(4-38)58-34(27)59-24-14(36-8(2)42)30(54)55-11(5-39)17(24)45/h9-28,30-34,37-40,43-51,54H,3-6H2,1-2H3,(H,35,41)(H,36,42)(H,52,53)/t9-,10-,11-,12-,13-,14-,15-,16-,17-,18-,19-,20+,21-,22-,23+,24-,25+,26+,27+,28+,30-,31-,32-,33-,34+/m1/s1. The molecule has 0 saturated carbocycles. The highest BCUT2D eigenvalue weighted by Gasteiger charge is 2.58. The van der Waals surface area contributed by atoms with Gasteiger partial charge in [0.05, 0.1) is 26.4 Å². The van der Waals surface area contributed by atoms with E-state index in [1.165, 1.54) is 0 Å². The molecule has 5 saturated heterocycles. The Balaban J connectivity index is 1.38. The summed E-state index contributed by atoms with van der Waals surface area (Å²) in [5.74, 6) is -3.41. The zero-order chi connectivity index (χ0) is 46.8. The van der Waals surface area contributed by atoms with Gasteiger partial charge in [0.25, 0.3) is 0 Å². The maximum Gasteiger partial charge on any atom is 0.335 e. The van der Waals surface area contributed by atoms with Crippen LogP contribution >= 0.6 is 0 Å². The number of aliphatic hydroxyl groups is 14. The third-order valence-electron chi connectivity index (χ3n) is 11.1. The second-order valence-electron chi connectivity index (χ2n) is 15.5. The molecule has 0 aliphatic carbocycles. The normalized spacial score (nSPS) is 48.3. The molecule has 63 heavy (non-hydrogen) atoms. The van der Waals surface area contributed by atoms with Crippen molar-refractivity contribution in [3.8, 4) is 0 Å². The summed E-state index contributed by atoms with van der Waals surface area (Å²) in [6.07, 6.45) is -45.8. The molecule has 5 aliphatic rings. The topological polar surface area (TPSA) is 462 Å². The molecule has 5 heterocycles. The van der Waals surface area contributed by atoms with Crippen LogP contribution in [0.25, 0.3) is 0 Å². The van der Waals surface area contributed by atoms with E-state index >= 15 is 0 Å². The molecule has 0 aromatic carbocycles. The molecular weight excluding hydrogens is 868 g/mol. The molecule has 0 bridgehead atoms. The Morgan fingerprint density at radius 1 is 0.429 bits per heavy atom. The molecule has 364 valence electrons. The van der Waals surface area contributed by atoms with Gasteiger partial charge in [-0.15, -0.1) is 0 Å². The summed E-state index contributed by atoms with van der Waals surface area (Å²) in [4.78, 5) is 36.4. The molecule has 0 radical (unpaired) electrons. The van der Waals surface area contributed by atoms with E-state index in [1.54, 1.807) is 0 Å². The lowest BCUT2D eigenvalue weighted by molar-refractivity contribution is -0.395. The van der Waals surface area contributed by atoms with Gasteiger partial charge in [-0.2, -0.15) is 0 Å². The van der Waals surface area contributed by atoms with E-state index < -0.39 is 198 Å². The number of hydrogen-bond donors (Lipinski definition) is 17. The number of ether oxygens (including phenoxy) is 9. The monoisotopic (exact) mass is 924 g/mol. The van der Waals surface area contributed by atoms with Gasteiger partial charge in [-0.1, -0.05) is 0 Å². The van der Waals surface area contributed by atoms with Gasteiger partial charge in [-0.25, -0.2) is 4.79 Å². The average molecular weight is 925 g/mol. The van der Waals surface area contributed by atoms with Crippen molar-refractivity contribution in [2.45, 2.75) is 167 Å². The molecule has 17 N–H and O–H groups in total. The fraction of sp³-hybridized carbons (Fsp3) is 0.912. The smallest absolute Gasteiger partial charge is 0.335 e. The van der Waals surface area contributed by atoms with Gasteiger partial charge in [0.1, 0.15) is 116 Å². The summed E-state index contributed by atoms with van der Waals surface area (Å²) in [5, 5.41) is 164. The summed E-state index contributed by atoms with van der Waals surface area (Å²) < 4.78 is 50.0. The van der Waals surface area contributed by atoms with Crippen molar-refractivity contribution in [3.05, 3.63) is 0 Å². The van der Waals surface area contributed by atoms with Gasteiger partial charge in [0.15, 0.2) is 37.6 Å². The van der Waals surface area contributed by atoms with E-state index in [0.29, 0.717) is 0 Å². The van der Waals surface area contributed by atoms with E-state index in [4.69, 9.17) is 42.6 Å². The number of carbonyl (C=O) groups excluding carboxylic acids is 2. The molecule has 0 spiro atoms. The molecule has 0 aromatic rings. The largest absolute Gasteiger partial charge is 0.479 e. The Morgan fingerprint density at radius 2 is 0.841 bits per heavy atom. The number of carboxylic acids is 1. The van der Waals surface area contributed by atoms with Crippen LogP contribution < -0.4 is 10.6 Å². The number of aliphatic carboxylic acids is 1. The fourth-order valence-corrected chi connectivity index (χ4v) is 7.78. The number of carboxylic acid groups (broad SMARTS) is 1. The first kappa shape index (κ1) is 51.5. The van der Waals surface area contributed by atoms with Crippen LogP contribution in [0.15, 0.2) is 0 Å². The second-order valence-corrected chi connectivity index (χ2v) is 15.5. The van der Waals surface area contributed by atoms with Gasteiger partial charge in [-0.3, -0.25) is 9.59 Å². The first-order valence-corrected chi connectivity index (χ1v) is 19.6. The van der Waals surface area contributed by atoms with Crippen molar-refractivity contribution in [2.24, 2.45) is 0 Å². The van der Waals surface area contributed by atoms with E-state index in [2.05, 4.69) is 10.6 Å². The number of nitrogens with one attached hydrogen (secondary N) is 2. The molecule has 0 aromatic heterocycles.